The molecule has 1 amide bonds. The van der Waals surface area contributed by atoms with Gasteiger partial charge in [0.25, 0.3) is 0 Å². The molecule has 120 valence electrons. The van der Waals surface area contributed by atoms with Crippen molar-refractivity contribution in [1.29, 1.82) is 0 Å². The average molecular weight is 331 g/mol. The Morgan fingerprint density at radius 3 is 2.83 bits per heavy atom. The van der Waals surface area contributed by atoms with Crippen molar-refractivity contribution in [3.8, 4) is 11.3 Å². The number of hydrogen-bond donors (Lipinski definition) is 0. The van der Waals surface area contributed by atoms with Gasteiger partial charge in [0.2, 0.25) is 5.91 Å². The zero-order valence-corrected chi connectivity index (χ0v) is 13.7. The molecule has 2 aliphatic heterocycles. The fourth-order valence-corrected chi connectivity index (χ4v) is 4.37. The molecule has 0 bridgehead atoms. The Morgan fingerprint density at radius 2 is 2.04 bits per heavy atom. The van der Waals surface area contributed by atoms with E-state index in [9.17, 15) is 9.18 Å². The van der Waals surface area contributed by atoms with Crippen molar-refractivity contribution < 1.29 is 9.18 Å². The van der Waals surface area contributed by atoms with Crippen LogP contribution in [0.3, 0.4) is 0 Å². The van der Waals surface area contributed by atoms with Crippen LogP contribution in [-0.4, -0.2) is 42.5 Å². The van der Waals surface area contributed by atoms with Crippen molar-refractivity contribution in [2.45, 2.75) is 6.42 Å². The van der Waals surface area contributed by atoms with Crippen molar-refractivity contribution >= 4 is 22.4 Å². The fourth-order valence-electron chi connectivity index (χ4n) is 3.52. The van der Waals surface area contributed by atoms with E-state index < -0.39 is 0 Å². The van der Waals surface area contributed by atoms with Crippen molar-refractivity contribution in [2.24, 2.45) is 11.8 Å². The summed E-state index contributed by atoms with van der Waals surface area (Å²) in [5.74, 6) is 0.568. The van der Waals surface area contributed by atoms with E-state index in [0.717, 1.165) is 42.4 Å². The molecule has 6 heteroatoms. The van der Waals surface area contributed by atoms with Crippen LogP contribution in [0.2, 0.25) is 0 Å². The Morgan fingerprint density at radius 1 is 1.26 bits per heavy atom. The minimum Gasteiger partial charge on any atom is -0.347 e. The Kier molecular flexibility index (Phi) is 3.56. The van der Waals surface area contributed by atoms with Crippen LogP contribution in [0.1, 0.15) is 6.42 Å². The van der Waals surface area contributed by atoms with Gasteiger partial charge in [-0.15, -0.1) is 11.3 Å². The van der Waals surface area contributed by atoms with Crippen molar-refractivity contribution in [2.75, 3.05) is 31.6 Å². The summed E-state index contributed by atoms with van der Waals surface area (Å²) >= 11 is 1.59. The molecule has 2 fully saturated rings. The summed E-state index contributed by atoms with van der Waals surface area (Å²) in [7, 11) is 1.89. The van der Waals surface area contributed by atoms with Gasteiger partial charge in [-0.25, -0.2) is 9.37 Å². The third kappa shape index (κ3) is 2.61. The predicted octanol–water partition coefficient (Wildman–Crippen LogP) is 2.86. The lowest BCUT2D eigenvalue weighted by Gasteiger charge is -2.30. The van der Waals surface area contributed by atoms with Gasteiger partial charge < -0.3 is 9.80 Å². The van der Waals surface area contributed by atoms with Crippen LogP contribution >= 0.6 is 11.3 Å². The number of rotatable bonds is 2. The van der Waals surface area contributed by atoms with E-state index in [4.69, 9.17) is 4.98 Å². The van der Waals surface area contributed by atoms with Crippen LogP contribution in [0.5, 0.6) is 0 Å². The monoisotopic (exact) mass is 331 g/mol. The van der Waals surface area contributed by atoms with E-state index in [1.165, 1.54) is 12.1 Å². The second-order valence-corrected chi connectivity index (χ2v) is 7.18. The van der Waals surface area contributed by atoms with E-state index in [0.29, 0.717) is 5.92 Å². The van der Waals surface area contributed by atoms with Crippen molar-refractivity contribution in [1.82, 2.24) is 9.88 Å². The molecule has 0 N–H and O–H groups in total. The molecule has 0 aliphatic carbocycles. The molecule has 0 radical (unpaired) electrons. The maximum atomic E-state index is 13.0. The molecular formula is C17H18FN3OS. The van der Waals surface area contributed by atoms with E-state index in [2.05, 4.69) is 4.90 Å². The molecule has 23 heavy (non-hydrogen) atoms. The molecule has 1 aromatic heterocycles. The second kappa shape index (κ2) is 5.60. The number of fused-ring (bicyclic) bond motifs is 1. The van der Waals surface area contributed by atoms with E-state index in [-0.39, 0.29) is 17.6 Å². The normalized spacial score (nSPS) is 24.2. The number of amides is 1. The highest BCUT2D eigenvalue weighted by molar-refractivity contribution is 7.14. The summed E-state index contributed by atoms with van der Waals surface area (Å²) in [5, 5.41) is 2.95. The molecule has 0 saturated carbocycles. The molecule has 3 heterocycles. The summed E-state index contributed by atoms with van der Waals surface area (Å²) in [6, 6.07) is 6.40. The van der Waals surface area contributed by atoms with Crippen LogP contribution in [0.15, 0.2) is 29.6 Å². The highest BCUT2D eigenvalue weighted by atomic mass is 32.1. The minimum atomic E-state index is -0.240. The molecule has 0 unspecified atom stereocenters. The summed E-state index contributed by atoms with van der Waals surface area (Å²) in [6.45, 7) is 2.51. The number of carbonyl (C=O) groups excluding carboxylic acids is 1. The van der Waals surface area contributed by atoms with Gasteiger partial charge in [0.15, 0.2) is 5.13 Å². The molecule has 4 nitrogen and oxygen atoms in total. The SMILES string of the molecule is CN1CC[C@@H]2CN(c3nc(-c4ccc(F)cc4)cs3)C[C@@H]2C1=O. The first-order valence-electron chi connectivity index (χ1n) is 7.83. The van der Waals surface area contributed by atoms with Gasteiger partial charge in [0.05, 0.1) is 11.6 Å². The molecule has 0 spiro atoms. The van der Waals surface area contributed by atoms with Gasteiger partial charge in [-0.3, -0.25) is 4.79 Å². The van der Waals surface area contributed by atoms with E-state index in [1.54, 1.807) is 23.5 Å². The lowest BCUT2D eigenvalue weighted by atomic mass is 9.88. The summed E-state index contributed by atoms with van der Waals surface area (Å²) in [6.07, 6.45) is 1.07. The van der Waals surface area contributed by atoms with Gasteiger partial charge in [0, 0.05) is 37.6 Å². The maximum absolute atomic E-state index is 13.0. The second-order valence-electron chi connectivity index (χ2n) is 6.34. The zero-order valence-electron chi connectivity index (χ0n) is 12.9. The van der Waals surface area contributed by atoms with Gasteiger partial charge in [0.1, 0.15) is 5.82 Å². The smallest absolute Gasteiger partial charge is 0.227 e. The van der Waals surface area contributed by atoms with Gasteiger partial charge in [-0.1, -0.05) is 0 Å². The number of anilines is 1. The summed E-state index contributed by atoms with van der Waals surface area (Å²) < 4.78 is 13.0. The quantitative estimate of drug-likeness (QED) is 0.849. The van der Waals surface area contributed by atoms with Crippen LogP contribution in [-0.2, 0) is 4.79 Å². The highest BCUT2D eigenvalue weighted by Gasteiger charge is 2.42. The topological polar surface area (TPSA) is 36.4 Å². The predicted molar refractivity (Wildman–Crippen MR) is 89.0 cm³/mol. The van der Waals surface area contributed by atoms with Crippen molar-refractivity contribution in [3.63, 3.8) is 0 Å². The lowest BCUT2D eigenvalue weighted by Crippen LogP contribution is -2.42. The molecule has 2 atom stereocenters. The lowest BCUT2D eigenvalue weighted by molar-refractivity contribution is -0.137. The molecule has 1 aromatic carbocycles. The molecule has 4 rings (SSSR count). The number of piperidine rings is 1. The van der Waals surface area contributed by atoms with Gasteiger partial charge >= 0.3 is 0 Å². The number of benzene rings is 1. The van der Waals surface area contributed by atoms with E-state index in [1.807, 2.05) is 17.3 Å². The number of nitrogens with zero attached hydrogens (tertiary/aromatic N) is 3. The van der Waals surface area contributed by atoms with E-state index >= 15 is 0 Å². The van der Waals surface area contributed by atoms with Crippen LogP contribution in [0.4, 0.5) is 9.52 Å². The Bertz CT molecular complexity index is 730. The largest absolute Gasteiger partial charge is 0.347 e. The third-order valence-electron chi connectivity index (χ3n) is 4.87. The average Bonchev–Trinajstić information content (AvgIpc) is 3.18. The van der Waals surface area contributed by atoms with Crippen LogP contribution < -0.4 is 4.90 Å². The molecule has 2 saturated heterocycles. The molecular weight excluding hydrogens is 313 g/mol. The number of likely N-dealkylation sites (tertiary alicyclic amines) is 1. The minimum absolute atomic E-state index is 0.104. The first-order chi connectivity index (χ1) is 11.1. The Labute approximate surface area is 138 Å². The Balaban J connectivity index is 1.54. The standard InChI is InChI=1S/C17H18FN3OS/c1-20-7-6-12-8-21(9-14(12)16(20)22)17-19-15(10-23-17)11-2-4-13(18)5-3-11/h2-5,10,12,14H,6-9H2,1H3/t12-,14+/m1/s1. The fraction of sp³-hybridized carbons (Fsp3) is 0.412. The summed E-state index contributed by atoms with van der Waals surface area (Å²) in [5.41, 5.74) is 1.78. The first-order valence-corrected chi connectivity index (χ1v) is 8.71. The number of carbonyl (C=O) groups is 1. The number of aromatic nitrogens is 1. The van der Waals surface area contributed by atoms with Crippen LogP contribution in [0.25, 0.3) is 11.3 Å². The first kappa shape index (κ1) is 14.6. The number of thiazole rings is 1. The van der Waals surface area contributed by atoms with Gasteiger partial charge in [-0.2, -0.15) is 0 Å². The highest BCUT2D eigenvalue weighted by Crippen LogP contribution is 2.36. The van der Waals surface area contributed by atoms with Gasteiger partial charge in [-0.05, 0) is 36.6 Å². The summed E-state index contributed by atoms with van der Waals surface area (Å²) in [4.78, 5) is 21.1. The number of hydrogen-bond acceptors (Lipinski definition) is 4. The number of halogens is 1. The van der Waals surface area contributed by atoms with Crippen LogP contribution in [0, 0.1) is 17.7 Å². The maximum Gasteiger partial charge on any atom is 0.227 e. The zero-order chi connectivity index (χ0) is 16.0. The molecule has 2 aliphatic rings. The van der Waals surface area contributed by atoms with Crippen molar-refractivity contribution in [3.05, 3.63) is 35.5 Å². The third-order valence-corrected chi connectivity index (χ3v) is 5.77. The molecule has 2 aromatic rings. The Hall–Kier alpha value is -1.95.